The van der Waals surface area contributed by atoms with Gasteiger partial charge in [-0.2, -0.15) is 0 Å². The van der Waals surface area contributed by atoms with Gasteiger partial charge in [0, 0.05) is 12.0 Å². The van der Waals surface area contributed by atoms with Gasteiger partial charge in [0.15, 0.2) is 0 Å². The molecule has 0 fully saturated rings. The molecule has 1 N–H and O–H groups in total. The van der Waals surface area contributed by atoms with Gasteiger partial charge in [0.1, 0.15) is 5.82 Å². The third-order valence-electron chi connectivity index (χ3n) is 2.20. The van der Waals surface area contributed by atoms with Gasteiger partial charge in [0.05, 0.1) is 16.9 Å². The van der Waals surface area contributed by atoms with E-state index in [-0.39, 0.29) is 17.7 Å². The van der Waals surface area contributed by atoms with Crippen molar-refractivity contribution in [3.8, 4) is 0 Å². The molecule has 16 heavy (non-hydrogen) atoms. The molecule has 0 bridgehead atoms. The van der Waals surface area contributed by atoms with Crippen molar-refractivity contribution in [3.63, 3.8) is 0 Å². The van der Waals surface area contributed by atoms with Crippen molar-refractivity contribution in [3.05, 3.63) is 39.7 Å². The van der Waals surface area contributed by atoms with Crippen LogP contribution in [0.1, 0.15) is 24.8 Å². The minimum atomic E-state index is -1.12. The minimum Gasteiger partial charge on any atom is -0.481 e. The second-order valence-electron chi connectivity index (χ2n) is 3.43. The molecule has 1 unspecified atom stereocenters. The van der Waals surface area contributed by atoms with Crippen LogP contribution in [-0.4, -0.2) is 16.0 Å². The summed E-state index contributed by atoms with van der Waals surface area (Å²) in [5, 5.41) is 19.2. The first-order valence-electron chi connectivity index (χ1n) is 4.58. The van der Waals surface area contributed by atoms with Crippen molar-refractivity contribution in [2.75, 3.05) is 0 Å². The molecule has 0 radical (unpaired) electrons. The fourth-order valence-electron chi connectivity index (χ4n) is 1.54. The van der Waals surface area contributed by atoms with E-state index in [4.69, 9.17) is 5.11 Å². The molecule has 5 nitrogen and oxygen atoms in total. The van der Waals surface area contributed by atoms with E-state index >= 15 is 0 Å². The summed E-state index contributed by atoms with van der Waals surface area (Å²) in [6.07, 6.45) is -0.345. The lowest BCUT2D eigenvalue weighted by molar-refractivity contribution is -0.385. The highest BCUT2D eigenvalue weighted by molar-refractivity contribution is 5.68. The molecule has 0 amide bonds. The third kappa shape index (κ3) is 2.53. The van der Waals surface area contributed by atoms with Crippen LogP contribution in [0.2, 0.25) is 0 Å². The van der Waals surface area contributed by atoms with Crippen LogP contribution >= 0.6 is 0 Å². The smallest absolute Gasteiger partial charge is 0.303 e. The Bertz CT molecular complexity index is 433. The van der Waals surface area contributed by atoms with Gasteiger partial charge >= 0.3 is 5.97 Å². The summed E-state index contributed by atoms with van der Waals surface area (Å²) < 4.78 is 13.4. The van der Waals surface area contributed by atoms with Crippen molar-refractivity contribution in [1.29, 1.82) is 0 Å². The van der Waals surface area contributed by atoms with Gasteiger partial charge in [-0.15, -0.1) is 0 Å². The van der Waals surface area contributed by atoms with Crippen LogP contribution in [0.4, 0.5) is 10.1 Å². The number of carbonyl (C=O) groups is 1. The lowest BCUT2D eigenvalue weighted by atomic mass is 9.95. The quantitative estimate of drug-likeness (QED) is 0.632. The molecular formula is C10H10FNO4. The maximum Gasteiger partial charge on any atom is 0.303 e. The van der Waals surface area contributed by atoms with Gasteiger partial charge in [-0.1, -0.05) is 13.0 Å². The summed E-state index contributed by atoms with van der Waals surface area (Å²) in [6.45, 7) is 1.44. The van der Waals surface area contributed by atoms with Crippen LogP contribution in [0, 0.1) is 15.9 Å². The summed E-state index contributed by atoms with van der Waals surface area (Å²) in [6, 6.07) is 3.47. The predicted molar refractivity (Wildman–Crippen MR) is 53.7 cm³/mol. The molecular weight excluding hydrogens is 217 g/mol. The van der Waals surface area contributed by atoms with Crippen LogP contribution in [0.15, 0.2) is 18.2 Å². The van der Waals surface area contributed by atoms with Crippen molar-refractivity contribution in [2.24, 2.45) is 0 Å². The Morgan fingerprint density at radius 2 is 2.25 bits per heavy atom. The van der Waals surface area contributed by atoms with Gasteiger partial charge in [-0.3, -0.25) is 14.9 Å². The first-order chi connectivity index (χ1) is 7.43. The Labute approximate surface area is 90.7 Å². The molecule has 0 aliphatic heterocycles. The van der Waals surface area contributed by atoms with E-state index < -0.39 is 22.6 Å². The first kappa shape index (κ1) is 12.1. The largest absolute Gasteiger partial charge is 0.481 e. The number of carboxylic acid groups (broad SMARTS) is 1. The summed E-state index contributed by atoms with van der Waals surface area (Å²) in [7, 11) is 0. The summed E-state index contributed by atoms with van der Waals surface area (Å²) in [5.41, 5.74) is -0.538. The van der Waals surface area contributed by atoms with Crippen molar-refractivity contribution in [2.45, 2.75) is 19.3 Å². The molecule has 1 rings (SSSR count). The third-order valence-corrected chi connectivity index (χ3v) is 2.20. The fraction of sp³-hybridized carbons (Fsp3) is 0.300. The monoisotopic (exact) mass is 227 g/mol. The molecule has 0 heterocycles. The molecule has 0 aliphatic rings. The lowest BCUT2D eigenvalue weighted by Crippen LogP contribution is -2.07. The van der Waals surface area contributed by atoms with E-state index in [1.165, 1.54) is 13.0 Å². The van der Waals surface area contributed by atoms with E-state index in [9.17, 15) is 19.3 Å². The Balaban J connectivity index is 3.19. The van der Waals surface area contributed by atoms with E-state index in [0.717, 1.165) is 12.1 Å². The maximum absolute atomic E-state index is 13.4. The van der Waals surface area contributed by atoms with E-state index in [0.29, 0.717) is 0 Å². The van der Waals surface area contributed by atoms with Crippen LogP contribution in [0.25, 0.3) is 0 Å². The summed E-state index contributed by atoms with van der Waals surface area (Å²) in [5.74, 6) is -2.60. The molecule has 0 aromatic heterocycles. The molecule has 86 valence electrons. The SMILES string of the molecule is CC(CC(=O)O)c1c(F)cccc1[N+](=O)[O-]. The number of nitro benzene ring substituents is 1. The van der Waals surface area contributed by atoms with E-state index in [1.54, 1.807) is 0 Å². The number of rotatable bonds is 4. The molecule has 1 aromatic rings. The van der Waals surface area contributed by atoms with Crippen molar-refractivity contribution in [1.82, 2.24) is 0 Å². The Hall–Kier alpha value is -1.98. The average Bonchev–Trinajstić information content (AvgIpc) is 2.15. The number of hydrogen-bond acceptors (Lipinski definition) is 3. The standard InChI is InChI=1S/C10H10FNO4/c1-6(5-9(13)14)10-7(11)3-2-4-8(10)12(15)16/h2-4,6H,5H2,1H3,(H,13,14). The van der Waals surface area contributed by atoms with Crippen LogP contribution in [-0.2, 0) is 4.79 Å². The van der Waals surface area contributed by atoms with Crippen molar-refractivity contribution < 1.29 is 19.2 Å². The van der Waals surface area contributed by atoms with E-state index in [1.807, 2.05) is 0 Å². The van der Waals surface area contributed by atoms with E-state index in [2.05, 4.69) is 0 Å². The van der Waals surface area contributed by atoms with Gasteiger partial charge in [-0.05, 0) is 6.07 Å². The average molecular weight is 227 g/mol. The second-order valence-corrected chi connectivity index (χ2v) is 3.43. The van der Waals surface area contributed by atoms with Crippen molar-refractivity contribution >= 4 is 11.7 Å². The number of aliphatic carboxylic acids is 1. The highest BCUT2D eigenvalue weighted by Crippen LogP contribution is 2.30. The highest BCUT2D eigenvalue weighted by Gasteiger charge is 2.24. The van der Waals surface area contributed by atoms with Gasteiger partial charge in [0.2, 0.25) is 0 Å². The number of nitrogens with zero attached hydrogens (tertiary/aromatic N) is 1. The Morgan fingerprint density at radius 3 is 2.75 bits per heavy atom. The molecule has 0 spiro atoms. The topological polar surface area (TPSA) is 80.4 Å². The summed E-state index contributed by atoms with van der Waals surface area (Å²) >= 11 is 0. The predicted octanol–water partition coefficient (Wildman–Crippen LogP) is 2.31. The minimum absolute atomic E-state index is 0.157. The highest BCUT2D eigenvalue weighted by atomic mass is 19.1. The fourth-order valence-corrected chi connectivity index (χ4v) is 1.54. The molecule has 0 aliphatic carbocycles. The Kier molecular flexibility index (Phi) is 3.55. The van der Waals surface area contributed by atoms with Gasteiger partial charge < -0.3 is 5.11 Å². The molecule has 6 heteroatoms. The Morgan fingerprint density at radius 1 is 1.62 bits per heavy atom. The number of halogens is 1. The number of benzene rings is 1. The summed E-state index contributed by atoms with van der Waals surface area (Å²) in [4.78, 5) is 20.4. The second kappa shape index (κ2) is 4.69. The van der Waals surface area contributed by atoms with Gasteiger partial charge in [0.25, 0.3) is 5.69 Å². The lowest BCUT2D eigenvalue weighted by Gasteiger charge is -2.10. The molecule has 1 aromatic carbocycles. The first-order valence-corrected chi connectivity index (χ1v) is 4.58. The zero-order chi connectivity index (χ0) is 12.3. The van der Waals surface area contributed by atoms with Crippen LogP contribution < -0.4 is 0 Å². The number of nitro groups is 1. The number of carboxylic acids is 1. The number of hydrogen-bond donors (Lipinski definition) is 1. The molecule has 0 saturated carbocycles. The molecule has 1 atom stereocenters. The normalized spacial score (nSPS) is 12.1. The maximum atomic E-state index is 13.4. The van der Waals surface area contributed by atoms with Crippen LogP contribution in [0.3, 0.4) is 0 Å². The van der Waals surface area contributed by atoms with Gasteiger partial charge in [-0.25, -0.2) is 4.39 Å². The zero-order valence-electron chi connectivity index (χ0n) is 8.51. The zero-order valence-corrected chi connectivity index (χ0v) is 8.51. The molecule has 0 saturated heterocycles. The van der Waals surface area contributed by atoms with Crippen LogP contribution in [0.5, 0.6) is 0 Å².